The Morgan fingerprint density at radius 2 is 2.33 bits per heavy atom. The van der Waals surface area contributed by atoms with Crippen molar-refractivity contribution in [1.82, 2.24) is 9.88 Å². The molecule has 0 aliphatic carbocycles. The molecule has 0 bridgehead atoms. The number of aromatic nitrogens is 1. The molecular formula is C11H12Br2N2O3. The summed E-state index contributed by atoms with van der Waals surface area (Å²) in [6, 6.07) is 1.61. The van der Waals surface area contributed by atoms with Gasteiger partial charge >= 0.3 is 5.97 Å². The first-order valence-corrected chi connectivity index (χ1v) is 7.13. The van der Waals surface area contributed by atoms with Crippen molar-refractivity contribution in [2.24, 2.45) is 0 Å². The van der Waals surface area contributed by atoms with Gasteiger partial charge in [-0.15, -0.1) is 0 Å². The van der Waals surface area contributed by atoms with Crippen LogP contribution >= 0.6 is 31.9 Å². The van der Waals surface area contributed by atoms with Crippen molar-refractivity contribution < 1.29 is 14.3 Å². The summed E-state index contributed by atoms with van der Waals surface area (Å²) in [5.41, 5.74) is 0.536. The molecule has 1 N–H and O–H groups in total. The van der Waals surface area contributed by atoms with Crippen LogP contribution in [0.25, 0.3) is 0 Å². The molecule has 0 radical (unpaired) electrons. The zero-order valence-corrected chi connectivity index (χ0v) is 12.9. The quantitative estimate of drug-likeness (QED) is 0.819. The maximum atomic E-state index is 11.7. The number of amides is 1. The molecule has 0 spiro atoms. The smallest absolute Gasteiger partial charge is 0.307 e. The fraction of sp³-hybridized carbons (Fsp3) is 0.455. The minimum absolute atomic E-state index is 0.127. The van der Waals surface area contributed by atoms with Gasteiger partial charge in [0.25, 0.3) is 5.91 Å². The van der Waals surface area contributed by atoms with E-state index in [1.165, 1.54) is 0 Å². The molecule has 1 amide bonds. The molecule has 2 heterocycles. The van der Waals surface area contributed by atoms with Gasteiger partial charge in [0, 0.05) is 6.54 Å². The summed E-state index contributed by atoms with van der Waals surface area (Å²) in [7, 11) is 0. The number of nitrogens with zero attached hydrogens (tertiary/aromatic N) is 1. The SMILES string of the molecule is CCOC(=O)CC1CNC(=O)c2cc(Br)c(Br)n21. The molecule has 0 aromatic carbocycles. The largest absolute Gasteiger partial charge is 0.466 e. The zero-order valence-electron chi connectivity index (χ0n) is 9.70. The minimum atomic E-state index is -0.263. The highest BCUT2D eigenvalue weighted by molar-refractivity contribution is 9.13. The number of hydrogen-bond donors (Lipinski definition) is 1. The van der Waals surface area contributed by atoms with Gasteiger partial charge in [-0.25, -0.2) is 0 Å². The van der Waals surface area contributed by atoms with Crippen LogP contribution in [0, 0.1) is 0 Å². The van der Waals surface area contributed by atoms with Crippen molar-refractivity contribution >= 4 is 43.7 Å². The molecule has 1 unspecified atom stereocenters. The van der Waals surface area contributed by atoms with Crippen LogP contribution in [0.5, 0.6) is 0 Å². The van der Waals surface area contributed by atoms with Gasteiger partial charge in [-0.2, -0.15) is 0 Å². The predicted molar refractivity (Wildman–Crippen MR) is 72.5 cm³/mol. The number of halogens is 2. The van der Waals surface area contributed by atoms with Gasteiger partial charge in [0.1, 0.15) is 5.69 Å². The van der Waals surface area contributed by atoms with E-state index in [0.717, 1.165) is 9.08 Å². The highest BCUT2D eigenvalue weighted by Crippen LogP contribution is 2.33. The Kier molecular flexibility index (Phi) is 4.11. The number of carbonyl (C=O) groups is 2. The van der Waals surface area contributed by atoms with Crippen molar-refractivity contribution in [3.63, 3.8) is 0 Å². The summed E-state index contributed by atoms with van der Waals surface area (Å²) < 4.78 is 8.32. The summed E-state index contributed by atoms with van der Waals surface area (Å²) in [6.45, 7) is 2.56. The second kappa shape index (κ2) is 5.44. The lowest BCUT2D eigenvalue weighted by molar-refractivity contribution is -0.144. The molecule has 1 aliphatic rings. The first-order valence-electron chi connectivity index (χ1n) is 5.54. The van der Waals surface area contributed by atoms with Gasteiger partial charge in [-0.05, 0) is 44.8 Å². The number of esters is 1. The second-order valence-electron chi connectivity index (χ2n) is 3.91. The summed E-state index contributed by atoms with van der Waals surface area (Å²) in [5, 5.41) is 2.77. The Labute approximate surface area is 121 Å². The number of nitrogens with one attached hydrogen (secondary N) is 1. The normalized spacial score (nSPS) is 18.2. The van der Waals surface area contributed by atoms with Gasteiger partial charge in [0.05, 0.1) is 28.1 Å². The summed E-state index contributed by atoms with van der Waals surface area (Å²) in [5.74, 6) is -0.400. The molecule has 1 aromatic heterocycles. The van der Waals surface area contributed by atoms with E-state index < -0.39 is 0 Å². The molecule has 7 heteroatoms. The summed E-state index contributed by atoms with van der Waals surface area (Å²) in [4.78, 5) is 23.3. The number of rotatable bonds is 3. The van der Waals surface area contributed by atoms with E-state index in [4.69, 9.17) is 4.74 Å². The molecule has 0 saturated carbocycles. The van der Waals surface area contributed by atoms with Crippen LogP contribution in [0.3, 0.4) is 0 Å². The lowest BCUT2D eigenvalue weighted by Crippen LogP contribution is -2.39. The Morgan fingerprint density at radius 1 is 1.61 bits per heavy atom. The Morgan fingerprint density at radius 3 is 3.00 bits per heavy atom. The van der Waals surface area contributed by atoms with E-state index in [0.29, 0.717) is 18.8 Å². The van der Waals surface area contributed by atoms with Gasteiger partial charge in [0.2, 0.25) is 0 Å². The number of fused-ring (bicyclic) bond motifs is 1. The third kappa shape index (κ3) is 2.47. The fourth-order valence-electron chi connectivity index (χ4n) is 1.97. The molecule has 1 atom stereocenters. The first-order chi connectivity index (χ1) is 8.54. The van der Waals surface area contributed by atoms with Crippen LogP contribution in [-0.4, -0.2) is 29.6 Å². The third-order valence-electron chi connectivity index (χ3n) is 2.74. The standard InChI is InChI=1S/C11H12Br2N2O3/c1-2-18-9(16)3-6-5-14-11(17)8-4-7(12)10(13)15(6)8/h4,6H,2-3,5H2,1H3,(H,14,17). The second-order valence-corrected chi connectivity index (χ2v) is 5.52. The topological polar surface area (TPSA) is 60.3 Å². The Balaban J connectivity index is 2.28. The van der Waals surface area contributed by atoms with Gasteiger partial charge in [0.15, 0.2) is 0 Å². The molecule has 0 fully saturated rings. The predicted octanol–water partition coefficient (Wildman–Crippen LogP) is 2.25. The van der Waals surface area contributed by atoms with E-state index in [-0.39, 0.29) is 24.3 Å². The highest BCUT2D eigenvalue weighted by atomic mass is 79.9. The van der Waals surface area contributed by atoms with Crippen molar-refractivity contribution in [3.05, 3.63) is 20.8 Å². The van der Waals surface area contributed by atoms with Crippen molar-refractivity contribution in [1.29, 1.82) is 0 Å². The van der Waals surface area contributed by atoms with E-state index in [1.807, 2.05) is 4.57 Å². The Hall–Kier alpha value is -0.820. The lowest BCUT2D eigenvalue weighted by atomic mass is 10.1. The molecule has 98 valence electrons. The van der Waals surface area contributed by atoms with Crippen molar-refractivity contribution in [2.75, 3.05) is 13.2 Å². The van der Waals surface area contributed by atoms with Crippen LogP contribution < -0.4 is 5.32 Å². The number of ether oxygens (including phenoxy) is 1. The third-order valence-corrected chi connectivity index (χ3v) is 4.68. The highest BCUT2D eigenvalue weighted by Gasteiger charge is 2.30. The summed E-state index contributed by atoms with van der Waals surface area (Å²) in [6.07, 6.45) is 0.237. The van der Waals surface area contributed by atoms with E-state index in [2.05, 4.69) is 37.2 Å². The molecule has 18 heavy (non-hydrogen) atoms. The molecule has 1 aliphatic heterocycles. The van der Waals surface area contributed by atoms with E-state index in [9.17, 15) is 9.59 Å². The van der Waals surface area contributed by atoms with Crippen LogP contribution in [0.1, 0.15) is 29.9 Å². The van der Waals surface area contributed by atoms with Crippen molar-refractivity contribution in [3.8, 4) is 0 Å². The van der Waals surface area contributed by atoms with Gasteiger partial charge in [-0.1, -0.05) is 0 Å². The summed E-state index contributed by atoms with van der Waals surface area (Å²) >= 11 is 6.78. The van der Waals surface area contributed by atoms with Crippen LogP contribution in [0.2, 0.25) is 0 Å². The first kappa shape index (κ1) is 13.6. The average Bonchev–Trinajstić information content (AvgIpc) is 2.61. The average molecular weight is 380 g/mol. The zero-order chi connectivity index (χ0) is 13.3. The van der Waals surface area contributed by atoms with E-state index >= 15 is 0 Å². The van der Waals surface area contributed by atoms with Crippen molar-refractivity contribution in [2.45, 2.75) is 19.4 Å². The van der Waals surface area contributed by atoms with Crippen LogP contribution in [-0.2, 0) is 9.53 Å². The molecule has 5 nitrogen and oxygen atoms in total. The monoisotopic (exact) mass is 378 g/mol. The van der Waals surface area contributed by atoms with Crippen LogP contribution in [0.4, 0.5) is 0 Å². The molecular weight excluding hydrogens is 368 g/mol. The lowest BCUT2D eigenvalue weighted by Gasteiger charge is -2.26. The fourth-order valence-corrected chi connectivity index (χ4v) is 2.97. The van der Waals surface area contributed by atoms with Gasteiger partial charge < -0.3 is 14.6 Å². The molecule has 2 rings (SSSR count). The number of hydrogen-bond acceptors (Lipinski definition) is 3. The Bertz CT molecular complexity index is 499. The maximum Gasteiger partial charge on any atom is 0.307 e. The van der Waals surface area contributed by atoms with E-state index in [1.54, 1.807) is 13.0 Å². The van der Waals surface area contributed by atoms with Gasteiger partial charge in [-0.3, -0.25) is 9.59 Å². The maximum absolute atomic E-state index is 11.7. The number of carbonyl (C=O) groups excluding carboxylic acids is 2. The van der Waals surface area contributed by atoms with Crippen LogP contribution in [0.15, 0.2) is 15.1 Å². The minimum Gasteiger partial charge on any atom is -0.466 e. The molecule has 0 saturated heterocycles. The molecule has 1 aromatic rings.